The molecule has 0 radical (unpaired) electrons. The van der Waals surface area contributed by atoms with Gasteiger partial charge in [0, 0.05) is 6.04 Å². The van der Waals surface area contributed by atoms with Crippen molar-refractivity contribution in [1.29, 1.82) is 5.26 Å². The zero-order valence-electron chi connectivity index (χ0n) is 8.40. The first-order valence-electron chi connectivity index (χ1n) is 4.25. The summed E-state index contributed by atoms with van der Waals surface area (Å²) in [4.78, 5) is 7.79. The second kappa shape index (κ2) is 4.42. The Labute approximate surface area is 82.8 Å². The van der Waals surface area contributed by atoms with Crippen molar-refractivity contribution in [2.75, 3.05) is 12.4 Å². The van der Waals surface area contributed by atoms with Crippen LogP contribution in [-0.2, 0) is 0 Å². The molecule has 0 aromatic carbocycles. The Morgan fingerprint density at radius 1 is 1.57 bits per heavy atom. The Kier molecular flexibility index (Phi) is 3.24. The van der Waals surface area contributed by atoms with Gasteiger partial charge in [-0.2, -0.15) is 10.2 Å². The van der Waals surface area contributed by atoms with Gasteiger partial charge in [0.05, 0.1) is 13.3 Å². The van der Waals surface area contributed by atoms with Crippen molar-refractivity contribution >= 4 is 5.82 Å². The summed E-state index contributed by atoms with van der Waals surface area (Å²) in [5.41, 5.74) is 0. The normalized spacial score (nSPS) is 9.64. The van der Waals surface area contributed by atoms with Crippen molar-refractivity contribution in [2.24, 2.45) is 0 Å². The van der Waals surface area contributed by atoms with E-state index in [1.165, 1.54) is 13.3 Å². The highest BCUT2D eigenvalue weighted by Crippen LogP contribution is 2.20. The molecule has 0 aliphatic heterocycles. The fourth-order valence-electron chi connectivity index (χ4n) is 0.951. The molecule has 1 rings (SSSR count). The topological polar surface area (TPSA) is 70.8 Å². The third kappa shape index (κ3) is 2.33. The van der Waals surface area contributed by atoms with E-state index < -0.39 is 0 Å². The summed E-state index contributed by atoms with van der Waals surface area (Å²) in [7, 11) is 1.54. The van der Waals surface area contributed by atoms with Gasteiger partial charge in [-0.05, 0) is 13.8 Å². The maximum atomic E-state index is 8.62. The van der Waals surface area contributed by atoms with Gasteiger partial charge in [-0.15, -0.1) is 0 Å². The molecular weight excluding hydrogens is 180 g/mol. The van der Waals surface area contributed by atoms with Gasteiger partial charge in [-0.3, -0.25) is 0 Å². The Bertz CT molecular complexity index is 356. The van der Waals surface area contributed by atoms with E-state index in [1.807, 2.05) is 19.9 Å². The van der Waals surface area contributed by atoms with Crippen LogP contribution in [0.15, 0.2) is 6.20 Å². The molecule has 0 aliphatic rings. The van der Waals surface area contributed by atoms with E-state index in [0.717, 1.165) is 0 Å². The van der Waals surface area contributed by atoms with Crippen molar-refractivity contribution in [3.8, 4) is 11.8 Å². The van der Waals surface area contributed by atoms with E-state index in [2.05, 4.69) is 15.3 Å². The molecular formula is C9H12N4O. The van der Waals surface area contributed by atoms with Crippen LogP contribution >= 0.6 is 0 Å². The number of nitrogens with zero attached hydrogens (tertiary/aromatic N) is 3. The molecule has 1 heterocycles. The van der Waals surface area contributed by atoms with Crippen LogP contribution in [0.5, 0.6) is 5.75 Å². The standard InChI is InChI=1S/C9H12N4O/c1-6(2)12-9-7(14-3)5-11-8(4-10)13-9/h5-6H,1-3H3,(H,11,12,13). The van der Waals surface area contributed by atoms with E-state index in [-0.39, 0.29) is 11.9 Å². The van der Waals surface area contributed by atoms with Gasteiger partial charge in [-0.1, -0.05) is 0 Å². The molecule has 0 bridgehead atoms. The Hall–Kier alpha value is -1.83. The van der Waals surface area contributed by atoms with Crippen molar-refractivity contribution in [1.82, 2.24) is 9.97 Å². The molecule has 5 nitrogen and oxygen atoms in total. The molecule has 1 aromatic heterocycles. The van der Waals surface area contributed by atoms with E-state index >= 15 is 0 Å². The zero-order chi connectivity index (χ0) is 10.6. The van der Waals surface area contributed by atoms with Gasteiger partial charge in [-0.25, -0.2) is 4.98 Å². The molecule has 0 atom stereocenters. The van der Waals surface area contributed by atoms with Gasteiger partial charge in [0.1, 0.15) is 6.07 Å². The van der Waals surface area contributed by atoms with Crippen molar-refractivity contribution in [3.63, 3.8) is 0 Å². The molecule has 0 saturated carbocycles. The van der Waals surface area contributed by atoms with Crippen LogP contribution in [-0.4, -0.2) is 23.1 Å². The predicted molar refractivity (Wildman–Crippen MR) is 52.1 cm³/mol. The fraction of sp³-hybridized carbons (Fsp3) is 0.444. The summed E-state index contributed by atoms with van der Waals surface area (Å²) < 4.78 is 5.05. The van der Waals surface area contributed by atoms with Gasteiger partial charge in [0.15, 0.2) is 11.6 Å². The molecule has 14 heavy (non-hydrogen) atoms. The molecule has 0 aliphatic carbocycles. The summed E-state index contributed by atoms with van der Waals surface area (Å²) >= 11 is 0. The molecule has 1 N–H and O–H groups in total. The highest BCUT2D eigenvalue weighted by molar-refractivity contribution is 5.50. The first-order chi connectivity index (χ1) is 6.67. The number of hydrogen-bond donors (Lipinski definition) is 1. The number of nitriles is 1. The Morgan fingerprint density at radius 2 is 2.29 bits per heavy atom. The molecule has 0 unspecified atom stereocenters. The van der Waals surface area contributed by atoms with E-state index in [1.54, 1.807) is 0 Å². The van der Waals surface area contributed by atoms with Crippen molar-refractivity contribution in [3.05, 3.63) is 12.0 Å². The molecule has 1 aromatic rings. The summed E-state index contributed by atoms with van der Waals surface area (Å²) in [6.45, 7) is 3.96. The molecule has 0 amide bonds. The largest absolute Gasteiger partial charge is 0.491 e. The van der Waals surface area contributed by atoms with Gasteiger partial charge >= 0.3 is 0 Å². The number of ether oxygens (including phenoxy) is 1. The lowest BCUT2D eigenvalue weighted by molar-refractivity contribution is 0.412. The second-order valence-corrected chi connectivity index (χ2v) is 3.02. The molecule has 0 spiro atoms. The molecule has 0 fully saturated rings. The van der Waals surface area contributed by atoms with Gasteiger partial charge in [0.25, 0.3) is 0 Å². The van der Waals surface area contributed by atoms with Crippen molar-refractivity contribution < 1.29 is 4.74 Å². The summed E-state index contributed by atoms with van der Waals surface area (Å²) in [6.07, 6.45) is 1.48. The summed E-state index contributed by atoms with van der Waals surface area (Å²) in [6, 6.07) is 2.10. The van der Waals surface area contributed by atoms with Crippen molar-refractivity contribution in [2.45, 2.75) is 19.9 Å². The zero-order valence-corrected chi connectivity index (χ0v) is 8.40. The lowest BCUT2D eigenvalue weighted by Gasteiger charge is -2.11. The smallest absolute Gasteiger partial charge is 0.234 e. The van der Waals surface area contributed by atoms with E-state index in [4.69, 9.17) is 10.00 Å². The third-order valence-corrected chi connectivity index (χ3v) is 1.50. The van der Waals surface area contributed by atoms with Crippen LogP contribution in [0, 0.1) is 11.3 Å². The minimum absolute atomic E-state index is 0.133. The van der Waals surface area contributed by atoms with Crippen LogP contribution < -0.4 is 10.1 Å². The lowest BCUT2D eigenvalue weighted by atomic mass is 10.4. The van der Waals surface area contributed by atoms with Gasteiger partial charge in [0.2, 0.25) is 5.82 Å². The van der Waals surface area contributed by atoms with Crippen LogP contribution in [0.1, 0.15) is 19.7 Å². The maximum absolute atomic E-state index is 8.62. The number of nitrogens with one attached hydrogen (secondary N) is 1. The third-order valence-electron chi connectivity index (χ3n) is 1.50. The highest BCUT2D eigenvalue weighted by atomic mass is 16.5. The summed E-state index contributed by atoms with van der Waals surface area (Å²) in [5, 5.41) is 11.7. The minimum Gasteiger partial charge on any atom is -0.491 e. The second-order valence-electron chi connectivity index (χ2n) is 3.02. The SMILES string of the molecule is COc1cnc(C#N)nc1NC(C)C. The molecule has 0 saturated heterocycles. The van der Waals surface area contributed by atoms with E-state index in [0.29, 0.717) is 11.6 Å². The predicted octanol–water partition coefficient (Wildman–Crippen LogP) is 1.18. The van der Waals surface area contributed by atoms with E-state index in [9.17, 15) is 0 Å². The highest BCUT2D eigenvalue weighted by Gasteiger charge is 2.07. The van der Waals surface area contributed by atoms with Crippen LogP contribution in [0.25, 0.3) is 0 Å². The Morgan fingerprint density at radius 3 is 2.79 bits per heavy atom. The lowest BCUT2D eigenvalue weighted by Crippen LogP contribution is -2.13. The number of aromatic nitrogens is 2. The summed E-state index contributed by atoms with van der Waals surface area (Å²) in [5.74, 6) is 1.22. The molecule has 5 heteroatoms. The Balaban J connectivity index is 3.03. The minimum atomic E-state index is 0.133. The first kappa shape index (κ1) is 10.3. The fourth-order valence-corrected chi connectivity index (χ4v) is 0.951. The van der Waals surface area contributed by atoms with Gasteiger partial charge < -0.3 is 10.1 Å². The van der Waals surface area contributed by atoms with Crippen LogP contribution in [0.2, 0.25) is 0 Å². The first-order valence-corrected chi connectivity index (χ1v) is 4.25. The quantitative estimate of drug-likeness (QED) is 0.778. The average Bonchev–Trinajstić information content (AvgIpc) is 2.16. The maximum Gasteiger partial charge on any atom is 0.234 e. The monoisotopic (exact) mass is 192 g/mol. The number of rotatable bonds is 3. The average molecular weight is 192 g/mol. The van der Waals surface area contributed by atoms with Crippen LogP contribution in [0.4, 0.5) is 5.82 Å². The number of hydrogen-bond acceptors (Lipinski definition) is 5. The number of methoxy groups -OCH3 is 1. The number of anilines is 1. The molecule has 74 valence electrons. The van der Waals surface area contributed by atoms with Crippen LogP contribution in [0.3, 0.4) is 0 Å².